The molecule has 1 atom stereocenters. The number of carbonyl (C=O) groups excluding carboxylic acids is 1. The topological polar surface area (TPSA) is 104 Å². The number of rotatable bonds is 9. The lowest BCUT2D eigenvalue weighted by Crippen LogP contribution is -2.42. The fraction of sp³-hybridized carbons (Fsp3) is 0.353. The summed E-state index contributed by atoms with van der Waals surface area (Å²) in [4.78, 5) is 30.3. The molecule has 0 fully saturated rings. The predicted molar refractivity (Wildman–Crippen MR) is 88.0 cm³/mol. The molecule has 0 saturated heterocycles. The number of nitrogens with one attached hydrogen (secondary N) is 2. The second-order valence-electron chi connectivity index (χ2n) is 5.36. The molecule has 7 heteroatoms. The number of unbranched alkanes of at least 4 members (excludes halogenated alkanes) is 1. The molecule has 0 spiro atoms. The molecule has 0 bridgehead atoms. The highest BCUT2D eigenvalue weighted by Gasteiger charge is 2.21. The average molecular weight is 331 g/mol. The molecule has 0 aliphatic heterocycles. The number of aromatic amines is 1. The van der Waals surface area contributed by atoms with Gasteiger partial charge in [0.1, 0.15) is 11.8 Å². The van der Waals surface area contributed by atoms with Crippen LogP contribution in [0.25, 0.3) is 0 Å². The first kappa shape index (κ1) is 17.5. The van der Waals surface area contributed by atoms with E-state index >= 15 is 0 Å². The molecule has 2 rings (SSSR count). The molecule has 1 aromatic heterocycles. The van der Waals surface area contributed by atoms with Crippen LogP contribution in [0, 0.1) is 0 Å². The van der Waals surface area contributed by atoms with Gasteiger partial charge in [-0.3, -0.25) is 4.79 Å². The van der Waals surface area contributed by atoms with Crippen molar-refractivity contribution in [3.05, 3.63) is 48.0 Å². The maximum atomic E-state index is 12.2. The van der Waals surface area contributed by atoms with E-state index in [1.54, 1.807) is 30.5 Å². The quantitative estimate of drug-likeness (QED) is 0.610. The van der Waals surface area contributed by atoms with E-state index in [2.05, 4.69) is 22.2 Å². The van der Waals surface area contributed by atoms with E-state index in [0.717, 1.165) is 12.8 Å². The van der Waals surface area contributed by atoms with Crippen molar-refractivity contribution in [2.75, 3.05) is 6.61 Å². The molecule has 0 unspecified atom stereocenters. The smallest absolute Gasteiger partial charge is 0.326 e. The van der Waals surface area contributed by atoms with Crippen LogP contribution >= 0.6 is 0 Å². The lowest BCUT2D eigenvalue weighted by Gasteiger charge is -2.13. The Morgan fingerprint density at radius 2 is 2.08 bits per heavy atom. The number of carboxylic acids is 1. The number of aliphatic carboxylic acids is 1. The Bertz CT molecular complexity index is 653. The fourth-order valence-electron chi connectivity index (χ4n) is 2.09. The molecule has 7 nitrogen and oxygen atoms in total. The summed E-state index contributed by atoms with van der Waals surface area (Å²) >= 11 is 0. The number of aromatic nitrogens is 2. The van der Waals surface area contributed by atoms with E-state index in [4.69, 9.17) is 4.74 Å². The molecule has 0 radical (unpaired) electrons. The lowest BCUT2D eigenvalue weighted by atomic mass is 10.1. The van der Waals surface area contributed by atoms with Gasteiger partial charge in [-0.2, -0.15) is 0 Å². The Kier molecular flexibility index (Phi) is 6.36. The molecule has 1 amide bonds. The van der Waals surface area contributed by atoms with E-state index in [1.807, 2.05) is 0 Å². The molecular weight excluding hydrogens is 310 g/mol. The molecule has 1 heterocycles. The van der Waals surface area contributed by atoms with Crippen molar-refractivity contribution in [1.29, 1.82) is 0 Å². The normalized spacial score (nSPS) is 11.7. The Hall–Kier alpha value is -2.83. The summed E-state index contributed by atoms with van der Waals surface area (Å²) in [5, 5.41) is 11.8. The number of benzene rings is 1. The first-order valence-corrected chi connectivity index (χ1v) is 7.84. The van der Waals surface area contributed by atoms with Crippen LogP contribution in [-0.4, -0.2) is 39.6 Å². The van der Waals surface area contributed by atoms with Gasteiger partial charge in [0.2, 0.25) is 0 Å². The van der Waals surface area contributed by atoms with Crippen LogP contribution in [0.5, 0.6) is 5.75 Å². The van der Waals surface area contributed by atoms with Crippen molar-refractivity contribution < 1.29 is 19.4 Å². The Labute approximate surface area is 140 Å². The van der Waals surface area contributed by atoms with Gasteiger partial charge in [0, 0.05) is 18.2 Å². The first-order chi connectivity index (χ1) is 11.6. The highest BCUT2D eigenvalue weighted by atomic mass is 16.5. The van der Waals surface area contributed by atoms with Crippen molar-refractivity contribution in [2.24, 2.45) is 0 Å². The molecule has 128 valence electrons. The van der Waals surface area contributed by atoms with E-state index < -0.39 is 17.9 Å². The zero-order chi connectivity index (χ0) is 17.4. The Morgan fingerprint density at radius 1 is 1.33 bits per heavy atom. The van der Waals surface area contributed by atoms with Crippen LogP contribution in [0.3, 0.4) is 0 Å². The van der Waals surface area contributed by atoms with Gasteiger partial charge in [-0.25, -0.2) is 9.78 Å². The van der Waals surface area contributed by atoms with Gasteiger partial charge in [-0.15, -0.1) is 0 Å². The second kappa shape index (κ2) is 8.71. The predicted octanol–water partition coefficient (Wildman–Crippen LogP) is 2.01. The summed E-state index contributed by atoms with van der Waals surface area (Å²) in [5.41, 5.74) is 0.952. The molecule has 1 aromatic carbocycles. The largest absolute Gasteiger partial charge is 0.494 e. The summed E-state index contributed by atoms with van der Waals surface area (Å²) in [5.74, 6) is -0.866. The number of nitrogens with zero attached hydrogens (tertiary/aromatic N) is 1. The minimum absolute atomic E-state index is 0.114. The zero-order valence-corrected chi connectivity index (χ0v) is 13.5. The second-order valence-corrected chi connectivity index (χ2v) is 5.36. The molecule has 0 saturated carbocycles. The Balaban J connectivity index is 1.95. The van der Waals surface area contributed by atoms with Crippen LogP contribution in [0.2, 0.25) is 0 Å². The number of H-pyrrole nitrogens is 1. The third-order valence-electron chi connectivity index (χ3n) is 3.45. The number of hydrogen-bond donors (Lipinski definition) is 3. The molecule has 3 N–H and O–H groups in total. The van der Waals surface area contributed by atoms with Crippen molar-refractivity contribution >= 4 is 11.9 Å². The molecular formula is C17H21N3O4. The van der Waals surface area contributed by atoms with Gasteiger partial charge in [0.05, 0.1) is 18.6 Å². The number of amides is 1. The summed E-state index contributed by atoms with van der Waals surface area (Å²) in [6.45, 7) is 2.71. The van der Waals surface area contributed by atoms with Gasteiger partial charge in [0.15, 0.2) is 0 Å². The van der Waals surface area contributed by atoms with Gasteiger partial charge in [0.25, 0.3) is 5.91 Å². The molecule has 24 heavy (non-hydrogen) atoms. The van der Waals surface area contributed by atoms with Crippen molar-refractivity contribution in [3.63, 3.8) is 0 Å². The average Bonchev–Trinajstić information content (AvgIpc) is 3.08. The summed E-state index contributed by atoms with van der Waals surface area (Å²) in [7, 11) is 0. The highest BCUT2D eigenvalue weighted by Crippen LogP contribution is 2.13. The summed E-state index contributed by atoms with van der Waals surface area (Å²) in [6.07, 6.45) is 5.20. The van der Waals surface area contributed by atoms with Crippen LogP contribution in [-0.2, 0) is 11.2 Å². The fourth-order valence-corrected chi connectivity index (χ4v) is 2.09. The molecule has 2 aromatic rings. The maximum Gasteiger partial charge on any atom is 0.326 e. The highest BCUT2D eigenvalue weighted by molar-refractivity contribution is 5.96. The number of imidazole rings is 1. The number of ether oxygens (including phenoxy) is 1. The van der Waals surface area contributed by atoms with Gasteiger partial charge >= 0.3 is 5.97 Å². The van der Waals surface area contributed by atoms with E-state index in [-0.39, 0.29) is 6.42 Å². The SMILES string of the molecule is CCCCOc1ccc(C(=O)N[C@@H](Cc2c[nH]cn2)C(=O)O)cc1. The van der Waals surface area contributed by atoms with Crippen LogP contribution in [0.4, 0.5) is 0 Å². The van der Waals surface area contributed by atoms with E-state index in [0.29, 0.717) is 23.6 Å². The minimum Gasteiger partial charge on any atom is -0.494 e. The van der Waals surface area contributed by atoms with Gasteiger partial charge in [-0.1, -0.05) is 13.3 Å². The van der Waals surface area contributed by atoms with Crippen LogP contribution in [0.15, 0.2) is 36.8 Å². The zero-order valence-electron chi connectivity index (χ0n) is 13.5. The van der Waals surface area contributed by atoms with Crippen molar-refractivity contribution in [2.45, 2.75) is 32.2 Å². The van der Waals surface area contributed by atoms with Crippen molar-refractivity contribution in [3.8, 4) is 5.75 Å². The van der Waals surface area contributed by atoms with Crippen LogP contribution < -0.4 is 10.1 Å². The monoisotopic (exact) mass is 331 g/mol. The molecule has 0 aliphatic carbocycles. The van der Waals surface area contributed by atoms with Gasteiger partial charge in [-0.05, 0) is 30.7 Å². The standard InChI is InChI=1S/C17H21N3O4/c1-2-3-8-24-14-6-4-12(5-7-14)16(21)20-15(17(22)23)9-13-10-18-11-19-13/h4-7,10-11,15H,2-3,8-9H2,1H3,(H,18,19)(H,20,21)(H,22,23)/t15-/m0/s1. The van der Waals surface area contributed by atoms with E-state index in [9.17, 15) is 14.7 Å². The number of carbonyl (C=O) groups is 2. The first-order valence-electron chi connectivity index (χ1n) is 7.84. The summed E-state index contributed by atoms with van der Waals surface area (Å²) in [6, 6.07) is 5.59. The van der Waals surface area contributed by atoms with E-state index in [1.165, 1.54) is 6.33 Å². The van der Waals surface area contributed by atoms with Gasteiger partial charge < -0.3 is 20.1 Å². The summed E-state index contributed by atoms with van der Waals surface area (Å²) < 4.78 is 5.53. The lowest BCUT2D eigenvalue weighted by molar-refractivity contribution is -0.139. The van der Waals surface area contributed by atoms with Crippen LogP contribution in [0.1, 0.15) is 35.8 Å². The maximum absolute atomic E-state index is 12.2. The van der Waals surface area contributed by atoms with Crippen molar-refractivity contribution in [1.82, 2.24) is 15.3 Å². The number of hydrogen-bond acceptors (Lipinski definition) is 4. The third-order valence-corrected chi connectivity index (χ3v) is 3.45. The minimum atomic E-state index is -1.11. The molecule has 0 aliphatic rings. The Morgan fingerprint density at radius 3 is 2.67 bits per heavy atom. The third kappa shape index (κ3) is 5.12. The number of carboxylic acid groups (broad SMARTS) is 1.